The van der Waals surface area contributed by atoms with E-state index >= 15 is 0 Å². The predicted octanol–water partition coefficient (Wildman–Crippen LogP) is 6.03. The number of carbonyl (C=O) groups is 2. The molecule has 0 spiro atoms. The van der Waals surface area contributed by atoms with Crippen LogP contribution in [0.5, 0.6) is 0 Å². The summed E-state index contributed by atoms with van der Waals surface area (Å²) in [5, 5.41) is 2.38. The van der Waals surface area contributed by atoms with Gasteiger partial charge < -0.3 is 10.2 Å². The highest BCUT2D eigenvalue weighted by Gasteiger charge is 2.36. The van der Waals surface area contributed by atoms with Crippen molar-refractivity contribution in [2.24, 2.45) is 0 Å². The summed E-state index contributed by atoms with van der Waals surface area (Å²) in [7, 11) is -4.63. The molecule has 3 rings (SSSR count). The number of rotatable bonds is 12. The normalized spacial score (nSPS) is 12.5. The first-order valence-corrected chi connectivity index (χ1v) is 14.8. The lowest BCUT2D eigenvalue weighted by atomic mass is 10.1. The van der Waals surface area contributed by atoms with Gasteiger partial charge in [0.25, 0.3) is 10.0 Å². The maximum atomic E-state index is 13.8. The molecule has 0 aromatic heterocycles. The van der Waals surface area contributed by atoms with Crippen molar-refractivity contribution in [2.45, 2.75) is 50.3 Å². The molecule has 42 heavy (non-hydrogen) atoms. The molecule has 13 heteroatoms. The fourth-order valence-electron chi connectivity index (χ4n) is 4.02. The Kier molecular flexibility index (Phi) is 11.0. The van der Waals surface area contributed by atoms with Gasteiger partial charge in [0.1, 0.15) is 18.4 Å². The number of amides is 2. The Bertz CT molecular complexity index is 1490. The summed E-state index contributed by atoms with van der Waals surface area (Å²) in [4.78, 5) is 27.6. The second-order valence-electron chi connectivity index (χ2n) is 9.46. The maximum Gasteiger partial charge on any atom is 0.416 e. The van der Waals surface area contributed by atoms with E-state index in [1.165, 1.54) is 55.5 Å². The standard InChI is InChI=1S/C29H30ClF4N3O4S/c1-3-4-16-35-28(39)20(2)36(18-21-10-13-23(31)14-11-21)27(38)19-37(42(40,41)24-8-6-5-7-9-24)26-17-22(29(32,33)34)12-15-25(26)30/h5-15,17,20H,3-4,16,18-19H2,1-2H3,(H,35,39). The second-order valence-corrected chi connectivity index (χ2v) is 11.7. The van der Waals surface area contributed by atoms with Crippen LogP contribution in [0.1, 0.15) is 37.8 Å². The molecule has 0 bridgehead atoms. The van der Waals surface area contributed by atoms with Crippen molar-refractivity contribution in [1.82, 2.24) is 10.2 Å². The summed E-state index contributed by atoms with van der Waals surface area (Å²) in [5.74, 6) is -1.94. The molecule has 0 aliphatic heterocycles. The largest absolute Gasteiger partial charge is 0.416 e. The van der Waals surface area contributed by atoms with Crippen molar-refractivity contribution >= 4 is 39.1 Å². The first kappa shape index (κ1) is 32.9. The van der Waals surface area contributed by atoms with Gasteiger partial charge in [0.15, 0.2) is 0 Å². The zero-order chi connectivity index (χ0) is 31.1. The summed E-state index contributed by atoms with van der Waals surface area (Å²) in [6, 6.07) is 13.0. The molecule has 0 aliphatic carbocycles. The molecule has 0 fully saturated rings. The summed E-state index contributed by atoms with van der Waals surface area (Å²) in [6.07, 6.45) is -3.34. The average molecular weight is 628 g/mol. The summed E-state index contributed by atoms with van der Waals surface area (Å²) in [5.41, 5.74) is -1.30. The Morgan fingerprint density at radius 3 is 2.24 bits per heavy atom. The number of nitrogens with zero attached hydrogens (tertiary/aromatic N) is 2. The van der Waals surface area contributed by atoms with Crippen LogP contribution in [0.15, 0.2) is 77.7 Å². The number of carbonyl (C=O) groups excluding carboxylic acids is 2. The van der Waals surface area contributed by atoms with Gasteiger partial charge in [-0.15, -0.1) is 0 Å². The third-order valence-corrected chi connectivity index (χ3v) is 8.51. The van der Waals surface area contributed by atoms with Gasteiger partial charge in [-0.3, -0.25) is 13.9 Å². The van der Waals surface area contributed by atoms with E-state index in [1.54, 1.807) is 6.07 Å². The molecule has 1 N–H and O–H groups in total. The number of anilines is 1. The Morgan fingerprint density at radius 1 is 1.00 bits per heavy atom. The fourth-order valence-corrected chi connectivity index (χ4v) is 5.73. The van der Waals surface area contributed by atoms with Gasteiger partial charge in [0.05, 0.1) is 21.2 Å². The van der Waals surface area contributed by atoms with Crippen LogP contribution in [-0.2, 0) is 32.3 Å². The lowest BCUT2D eigenvalue weighted by Gasteiger charge is -2.32. The number of hydrogen-bond donors (Lipinski definition) is 1. The van der Waals surface area contributed by atoms with Crippen molar-refractivity contribution in [3.8, 4) is 0 Å². The topological polar surface area (TPSA) is 86.8 Å². The van der Waals surface area contributed by atoms with Crippen LogP contribution in [0.3, 0.4) is 0 Å². The molecular formula is C29H30ClF4N3O4S. The van der Waals surface area contributed by atoms with Crippen LogP contribution < -0.4 is 9.62 Å². The van der Waals surface area contributed by atoms with E-state index in [4.69, 9.17) is 11.6 Å². The number of unbranched alkanes of at least 4 members (excludes halogenated alkanes) is 1. The van der Waals surface area contributed by atoms with Crippen LogP contribution >= 0.6 is 11.6 Å². The highest BCUT2D eigenvalue weighted by molar-refractivity contribution is 7.92. The van der Waals surface area contributed by atoms with E-state index in [0.29, 0.717) is 35.0 Å². The molecule has 0 radical (unpaired) electrons. The maximum absolute atomic E-state index is 13.8. The molecule has 226 valence electrons. The Balaban J connectivity index is 2.09. The van der Waals surface area contributed by atoms with E-state index in [9.17, 15) is 35.6 Å². The van der Waals surface area contributed by atoms with Crippen LogP contribution in [0.2, 0.25) is 5.02 Å². The van der Waals surface area contributed by atoms with Crippen molar-refractivity contribution in [3.05, 3.63) is 94.8 Å². The zero-order valence-electron chi connectivity index (χ0n) is 22.9. The van der Waals surface area contributed by atoms with Gasteiger partial charge in [-0.25, -0.2) is 12.8 Å². The molecule has 1 atom stereocenters. The van der Waals surface area contributed by atoms with Crippen LogP contribution in [0.4, 0.5) is 23.2 Å². The molecule has 3 aromatic carbocycles. The van der Waals surface area contributed by atoms with Crippen molar-refractivity contribution < 1.29 is 35.6 Å². The zero-order valence-corrected chi connectivity index (χ0v) is 24.4. The summed E-state index contributed by atoms with van der Waals surface area (Å²) < 4.78 is 82.4. The first-order valence-electron chi connectivity index (χ1n) is 13.0. The van der Waals surface area contributed by atoms with Crippen molar-refractivity contribution in [1.29, 1.82) is 0 Å². The van der Waals surface area contributed by atoms with Gasteiger partial charge in [-0.1, -0.05) is 55.3 Å². The third-order valence-electron chi connectivity index (χ3n) is 6.42. The number of nitrogens with one attached hydrogen (secondary N) is 1. The molecule has 0 saturated carbocycles. The van der Waals surface area contributed by atoms with E-state index in [-0.39, 0.29) is 16.5 Å². The number of benzene rings is 3. The van der Waals surface area contributed by atoms with Gasteiger partial charge >= 0.3 is 6.18 Å². The van der Waals surface area contributed by atoms with E-state index in [1.807, 2.05) is 6.92 Å². The number of hydrogen-bond acceptors (Lipinski definition) is 4. The molecular weight excluding hydrogens is 598 g/mol. The number of alkyl halides is 3. The van der Waals surface area contributed by atoms with Crippen LogP contribution in [0, 0.1) is 5.82 Å². The molecule has 3 aromatic rings. The Hall–Kier alpha value is -3.64. The van der Waals surface area contributed by atoms with Gasteiger partial charge in [0.2, 0.25) is 11.8 Å². The Morgan fingerprint density at radius 2 is 1.64 bits per heavy atom. The minimum atomic E-state index is -4.83. The number of halogens is 5. The molecule has 0 saturated heterocycles. The van der Waals surface area contributed by atoms with Crippen molar-refractivity contribution in [2.75, 3.05) is 17.4 Å². The average Bonchev–Trinajstić information content (AvgIpc) is 2.95. The van der Waals surface area contributed by atoms with E-state index in [0.717, 1.165) is 17.4 Å². The van der Waals surface area contributed by atoms with Crippen molar-refractivity contribution in [3.63, 3.8) is 0 Å². The minimum absolute atomic E-state index is 0.211. The quantitative estimate of drug-likeness (QED) is 0.196. The molecule has 1 unspecified atom stereocenters. The smallest absolute Gasteiger partial charge is 0.354 e. The van der Waals surface area contributed by atoms with Gasteiger partial charge in [-0.2, -0.15) is 13.2 Å². The van der Waals surface area contributed by atoms with E-state index < -0.39 is 57.7 Å². The van der Waals surface area contributed by atoms with Gasteiger partial charge in [-0.05, 0) is 61.4 Å². The summed E-state index contributed by atoms with van der Waals surface area (Å²) >= 11 is 6.23. The lowest BCUT2D eigenvalue weighted by molar-refractivity contribution is -0.139. The molecule has 0 aliphatic rings. The SMILES string of the molecule is CCCCNC(=O)C(C)N(Cc1ccc(F)cc1)C(=O)CN(c1cc(C(F)(F)F)ccc1Cl)S(=O)(=O)c1ccccc1. The Labute approximate surface area is 247 Å². The van der Waals surface area contributed by atoms with Gasteiger partial charge in [0, 0.05) is 13.1 Å². The highest BCUT2D eigenvalue weighted by atomic mass is 35.5. The van der Waals surface area contributed by atoms with E-state index in [2.05, 4.69) is 5.32 Å². The second kappa shape index (κ2) is 14.0. The molecule has 7 nitrogen and oxygen atoms in total. The van der Waals surface area contributed by atoms with Crippen LogP contribution in [0.25, 0.3) is 0 Å². The molecule has 0 heterocycles. The third kappa shape index (κ3) is 8.22. The molecule has 2 amide bonds. The fraction of sp³-hybridized carbons (Fsp3) is 0.310. The lowest BCUT2D eigenvalue weighted by Crippen LogP contribution is -2.51. The monoisotopic (exact) mass is 627 g/mol. The summed E-state index contributed by atoms with van der Waals surface area (Å²) in [6.45, 7) is 2.52. The first-order chi connectivity index (χ1) is 19.8. The predicted molar refractivity (Wildman–Crippen MR) is 152 cm³/mol. The number of sulfonamides is 1. The van der Waals surface area contributed by atoms with Crippen LogP contribution in [-0.4, -0.2) is 44.3 Å². The highest BCUT2D eigenvalue weighted by Crippen LogP contribution is 2.37. The minimum Gasteiger partial charge on any atom is -0.354 e.